The van der Waals surface area contributed by atoms with Crippen LogP contribution < -0.4 is 4.74 Å². The van der Waals surface area contributed by atoms with Gasteiger partial charge in [0.15, 0.2) is 0 Å². The molecule has 2 aromatic carbocycles. The first-order valence-corrected chi connectivity index (χ1v) is 10.6. The van der Waals surface area contributed by atoms with E-state index in [0.717, 1.165) is 10.8 Å². The van der Waals surface area contributed by atoms with Crippen LogP contribution in [0.15, 0.2) is 66.0 Å². The number of likely N-dealkylation sites (tertiary alicyclic amines) is 1. The summed E-state index contributed by atoms with van der Waals surface area (Å²) in [5.41, 5.74) is 0.480. The number of rotatable bonds is 5. The molecule has 0 aliphatic carbocycles. The molecule has 1 aromatic heterocycles. The number of thiazole rings is 1. The van der Waals surface area contributed by atoms with Gasteiger partial charge in [0.2, 0.25) is 0 Å². The molecule has 0 spiro atoms. The van der Waals surface area contributed by atoms with Crippen LogP contribution >= 0.6 is 11.3 Å². The lowest BCUT2D eigenvalue weighted by atomic mass is 9.91. The fourth-order valence-corrected chi connectivity index (χ4v) is 4.40. The van der Waals surface area contributed by atoms with Crippen LogP contribution in [0.4, 0.5) is 0 Å². The van der Waals surface area contributed by atoms with Crippen LogP contribution in [0.5, 0.6) is 5.75 Å². The van der Waals surface area contributed by atoms with Gasteiger partial charge in [-0.05, 0) is 24.6 Å². The molecule has 2 atom stereocenters. The normalized spacial score (nSPS) is 21.7. The van der Waals surface area contributed by atoms with E-state index in [9.17, 15) is 9.90 Å². The van der Waals surface area contributed by atoms with Gasteiger partial charge in [0.05, 0.1) is 11.6 Å². The monoisotopic (exact) mass is 408 g/mol. The Bertz CT molecular complexity index is 957. The number of amides is 1. The summed E-state index contributed by atoms with van der Waals surface area (Å²) in [6.07, 6.45) is 0.913. The largest absolute Gasteiger partial charge is 0.487 e. The van der Waals surface area contributed by atoms with Gasteiger partial charge in [0.25, 0.3) is 5.91 Å². The fourth-order valence-electron chi connectivity index (χ4n) is 3.60. The second-order valence-electron chi connectivity index (χ2n) is 7.58. The minimum atomic E-state index is -1.13. The maximum absolute atomic E-state index is 12.9. The Hall–Kier alpha value is -2.70. The van der Waals surface area contributed by atoms with Crippen LogP contribution in [0.3, 0.4) is 0 Å². The molecule has 1 N–H and O–H groups in total. The van der Waals surface area contributed by atoms with Crippen molar-refractivity contribution in [2.45, 2.75) is 31.5 Å². The topological polar surface area (TPSA) is 62.7 Å². The van der Waals surface area contributed by atoms with E-state index in [1.807, 2.05) is 53.9 Å². The molecule has 2 heterocycles. The Morgan fingerprint density at radius 3 is 2.59 bits per heavy atom. The van der Waals surface area contributed by atoms with Crippen LogP contribution in [-0.4, -0.2) is 45.7 Å². The van der Waals surface area contributed by atoms with Crippen molar-refractivity contribution in [3.63, 3.8) is 0 Å². The Balaban J connectivity index is 1.40. The van der Waals surface area contributed by atoms with E-state index in [1.54, 1.807) is 11.8 Å². The van der Waals surface area contributed by atoms with E-state index < -0.39 is 5.60 Å². The van der Waals surface area contributed by atoms with Crippen LogP contribution in [0.1, 0.15) is 34.4 Å². The third-order valence-corrected chi connectivity index (χ3v) is 5.99. The molecular formula is C23H24N2O3S. The van der Waals surface area contributed by atoms with E-state index in [4.69, 9.17) is 4.74 Å². The number of β-amino-alcohol motifs (C(OH)–C–C–N with tert-alkyl or cyclic N) is 1. The van der Waals surface area contributed by atoms with Gasteiger partial charge in [-0.25, -0.2) is 4.98 Å². The highest BCUT2D eigenvalue weighted by Crippen LogP contribution is 2.27. The maximum atomic E-state index is 12.9. The molecule has 0 bridgehead atoms. The van der Waals surface area contributed by atoms with Crippen molar-refractivity contribution in [1.29, 1.82) is 0 Å². The lowest BCUT2D eigenvalue weighted by Crippen LogP contribution is -2.58. The number of carbonyl (C=O) groups excluding carboxylic acids is 1. The van der Waals surface area contributed by atoms with E-state index >= 15 is 0 Å². The Labute approximate surface area is 174 Å². The highest BCUT2D eigenvalue weighted by atomic mass is 32.1. The van der Waals surface area contributed by atoms with Crippen LogP contribution in [0, 0.1) is 0 Å². The van der Waals surface area contributed by atoms with Crippen molar-refractivity contribution in [2.75, 3.05) is 13.1 Å². The minimum absolute atomic E-state index is 0.140. The zero-order chi connectivity index (χ0) is 20.3. The first-order chi connectivity index (χ1) is 14.0. The lowest BCUT2D eigenvalue weighted by Gasteiger charge is -2.42. The Morgan fingerprint density at radius 1 is 1.21 bits per heavy atom. The number of ether oxygens (including phenoxy) is 1. The number of para-hydroxylation sites is 1. The Kier molecular flexibility index (Phi) is 5.65. The number of piperidine rings is 1. The average Bonchev–Trinajstić information content (AvgIpc) is 3.19. The number of hydrogen-bond donors (Lipinski definition) is 1. The van der Waals surface area contributed by atoms with Gasteiger partial charge in [-0.15, -0.1) is 11.3 Å². The minimum Gasteiger partial charge on any atom is -0.487 e. The molecule has 1 aliphatic heterocycles. The average molecular weight is 409 g/mol. The van der Waals surface area contributed by atoms with Crippen molar-refractivity contribution < 1.29 is 14.6 Å². The summed E-state index contributed by atoms with van der Waals surface area (Å²) in [6, 6.07) is 19.6. The predicted molar refractivity (Wildman–Crippen MR) is 113 cm³/mol. The molecule has 0 unspecified atom stereocenters. The first-order valence-electron chi connectivity index (χ1n) is 9.73. The highest BCUT2D eigenvalue weighted by molar-refractivity contribution is 7.09. The third kappa shape index (κ3) is 4.66. The molecule has 1 amide bonds. The van der Waals surface area contributed by atoms with Crippen molar-refractivity contribution in [2.24, 2.45) is 0 Å². The van der Waals surface area contributed by atoms with E-state index in [-0.39, 0.29) is 18.6 Å². The summed E-state index contributed by atoms with van der Waals surface area (Å²) in [6.45, 7) is 2.47. The second-order valence-corrected chi connectivity index (χ2v) is 8.52. The van der Waals surface area contributed by atoms with Crippen LogP contribution in [-0.2, 0) is 6.42 Å². The number of nitrogens with zero attached hydrogens (tertiary/aromatic N) is 2. The summed E-state index contributed by atoms with van der Waals surface area (Å²) < 4.78 is 5.97. The van der Waals surface area contributed by atoms with Crippen molar-refractivity contribution >= 4 is 17.2 Å². The zero-order valence-electron chi connectivity index (χ0n) is 16.3. The molecule has 5 nitrogen and oxygen atoms in total. The van der Waals surface area contributed by atoms with E-state index in [0.29, 0.717) is 25.1 Å². The van der Waals surface area contributed by atoms with Gasteiger partial charge in [0, 0.05) is 24.8 Å². The molecule has 6 heteroatoms. The summed E-state index contributed by atoms with van der Waals surface area (Å²) in [7, 11) is 0. The van der Waals surface area contributed by atoms with Gasteiger partial charge in [0.1, 0.15) is 23.1 Å². The van der Waals surface area contributed by atoms with Gasteiger partial charge >= 0.3 is 0 Å². The highest BCUT2D eigenvalue weighted by Gasteiger charge is 2.41. The standard InChI is InChI=1S/C23H24N2O3S/c1-23(27)16-25(13-12-20(23)28-18-10-6-3-7-11-18)22(26)19-15-29-21(24-19)14-17-8-4-2-5-9-17/h2-11,15,20,27H,12-14,16H2,1H3/t20-,23-/m0/s1. The predicted octanol–water partition coefficient (Wildman–Crippen LogP) is 3.78. The first kappa shape index (κ1) is 19.6. The van der Waals surface area contributed by atoms with Gasteiger partial charge < -0.3 is 14.7 Å². The Morgan fingerprint density at radius 2 is 1.90 bits per heavy atom. The molecule has 1 fully saturated rings. The van der Waals surface area contributed by atoms with Crippen molar-refractivity contribution in [3.8, 4) is 5.75 Å². The maximum Gasteiger partial charge on any atom is 0.273 e. The number of aliphatic hydroxyl groups is 1. The smallest absolute Gasteiger partial charge is 0.273 e. The summed E-state index contributed by atoms with van der Waals surface area (Å²) >= 11 is 1.49. The van der Waals surface area contributed by atoms with Gasteiger partial charge in [-0.3, -0.25) is 4.79 Å². The van der Waals surface area contributed by atoms with Gasteiger partial charge in [-0.1, -0.05) is 48.5 Å². The molecule has 4 rings (SSSR count). The molecule has 1 saturated heterocycles. The van der Waals surface area contributed by atoms with Crippen molar-refractivity contribution in [3.05, 3.63) is 82.3 Å². The van der Waals surface area contributed by atoms with Crippen LogP contribution in [0.2, 0.25) is 0 Å². The zero-order valence-corrected chi connectivity index (χ0v) is 17.1. The van der Waals surface area contributed by atoms with Crippen LogP contribution in [0.25, 0.3) is 0 Å². The summed E-state index contributed by atoms with van der Waals surface area (Å²) in [4.78, 5) is 19.1. The number of aromatic nitrogens is 1. The molecule has 0 saturated carbocycles. The van der Waals surface area contributed by atoms with E-state index in [2.05, 4.69) is 17.1 Å². The van der Waals surface area contributed by atoms with Crippen molar-refractivity contribution in [1.82, 2.24) is 9.88 Å². The second kappa shape index (κ2) is 8.35. The third-order valence-electron chi connectivity index (χ3n) is 5.14. The van der Waals surface area contributed by atoms with Gasteiger partial charge in [-0.2, -0.15) is 0 Å². The molecule has 1 aliphatic rings. The van der Waals surface area contributed by atoms with E-state index in [1.165, 1.54) is 16.9 Å². The molecule has 3 aromatic rings. The number of carbonyl (C=O) groups is 1. The summed E-state index contributed by atoms with van der Waals surface area (Å²) in [5.74, 6) is 0.585. The fraction of sp³-hybridized carbons (Fsp3) is 0.304. The molecule has 150 valence electrons. The lowest BCUT2D eigenvalue weighted by molar-refractivity contribution is -0.0900. The molecule has 29 heavy (non-hydrogen) atoms. The quantitative estimate of drug-likeness (QED) is 0.698. The summed E-state index contributed by atoms with van der Waals surface area (Å²) in [5, 5.41) is 13.6. The number of hydrogen-bond acceptors (Lipinski definition) is 5. The molecule has 0 radical (unpaired) electrons. The SMILES string of the molecule is C[C@]1(O)CN(C(=O)c2csc(Cc3ccccc3)n2)CC[C@@H]1Oc1ccccc1. The number of benzene rings is 2. The molecular weight excluding hydrogens is 384 g/mol.